The van der Waals surface area contributed by atoms with E-state index >= 15 is 0 Å². The second kappa shape index (κ2) is 33.4. The SMILES string of the molecule is CC/C=C\C/C=C\C/C=C\C/C=C\CCC(=O)OCC(COCCCCCCCC)OC(=O)CCCCCCCCC. The number of esters is 2. The van der Waals surface area contributed by atoms with Gasteiger partial charge in [0, 0.05) is 19.4 Å². The molecule has 1 atom stereocenters. The Morgan fingerprint density at radius 3 is 1.67 bits per heavy atom. The zero-order valence-corrected chi connectivity index (χ0v) is 27.5. The first-order chi connectivity index (χ1) is 20.6. The van der Waals surface area contributed by atoms with E-state index in [1.54, 1.807) is 0 Å². The normalized spacial score (nSPS) is 12.7. The molecule has 0 saturated heterocycles. The van der Waals surface area contributed by atoms with Crippen molar-refractivity contribution in [2.24, 2.45) is 0 Å². The average Bonchev–Trinajstić information content (AvgIpc) is 2.99. The molecule has 0 saturated carbocycles. The topological polar surface area (TPSA) is 61.8 Å². The lowest BCUT2D eigenvalue weighted by atomic mass is 10.1. The van der Waals surface area contributed by atoms with Crippen molar-refractivity contribution < 1.29 is 23.8 Å². The Morgan fingerprint density at radius 2 is 1.07 bits per heavy atom. The highest BCUT2D eigenvalue weighted by molar-refractivity contribution is 5.70. The monoisotopic (exact) mass is 588 g/mol. The van der Waals surface area contributed by atoms with Crippen LogP contribution in [0.3, 0.4) is 0 Å². The van der Waals surface area contributed by atoms with Crippen molar-refractivity contribution in [3.8, 4) is 0 Å². The third-order valence-corrected chi connectivity index (χ3v) is 6.89. The molecule has 42 heavy (non-hydrogen) atoms. The van der Waals surface area contributed by atoms with E-state index < -0.39 is 6.10 Å². The molecule has 0 aromatic heterocycles. The minimum Gasteiger partial charge on any atom is -0.462 e. The molecule has 5 heteroatoms. The van der Waals surface area contributed by atoms with Gasteiger partial charge in [-0.1, -0.05) is 140 Å². The Bertz CT molecular complexity index is 722. The minimum atomic E-state index is -0.552. The molecule has 0 spiro atoms. The van der Waals surface area contributed by atoms with E-state index in [1.165, 1.54) is 51.4 Å². The highest BCUT2D eigenvalue weighted by Gasteiger charge is 2.17. The fraction of sp³-hybridized carbons (Fsp3) is 0.730. The van der Waals surface area contributed by atoms with Crippen LogP contribution in [-0.2, 0) is 23.8 Å². The summed E-state index contributed by atoms with van der Waals surface area (Å²) in [5.41, 5.74) is 0. The van der Waals surface area contributed by atoms with Crippen molar-refractivity contribution in [1.82, 2.24) is 0 Å². The van der Waals surface area contributed by atoms with Crippen molar-refractivity contribution in [2.75, 3.05) is 19.8 Å². The van der Waals surface area contributed by atoms with Crippen molar-refractivity contribution >= 4 is 11.9 Å². The molecule has 0 aliphatic carbocycles. The number of hydrogen-bond acceptors (Lipinski definition) is 5. The first kappa shape index (κ1) is 39.9. The number of ether oxygens (including phenoxy) is 3. The third kappa shape index (κ3) is 30.8. The van der Waals surface area contributed by atoms with Gasteiger partial charge < -0.3 is 14.2 Å². The molecule has 0 N–H and O–H groups in total. The Morgan fingerprint density at radius 1 is 0.548 bits per heavy atom. The smallest absolute Gasteiger partial charge is 0.306 e. The maximum Gasteiger partial charge on any atom is 0.306 e. The van der Waals surface area contributed by atoms with Crippen LogP contribution in [-0.4, -0.2) is 37.9 Å². The van der Waals surface area contributed by atoms with Crippen LogP contribution in [0.2, 0.25) is 0 Å². The van der Waals surface area contributed by atoms with Gasteiger partial charge in [0.05, 0.1) is 6.61 Å². The Labute approximate surface area is 259 Å². The molecule has 0 radical (unpaired) electrons. The maximum absolute atomic E-state index is 12.4. The lowest BCUT2D eigenvalue weighted by Crippen LogP contribution is -2.30. The van der Waals surface area contributed by atoms with E-state index in [0.29, 0.717) is 25.9 Å². The molecule has 5 nitrogen and oxygen atoms in total. The van der Waals surface area contributed by atoms with Crippen molar-refractivity contribution in [3.05, 3.63) is 48.6 Å². The number of carbonyl (C=O) groups excluding carboxylic acids is 2. The summed E-state index contributed by atoms with van der Waals surface area (Å²) in [5.74, 6) is -0.505. The molecule has 0 aromatic carbocycles. The first-order valence-corrected chi connectivity index (χ1v) is 17.2. The Balaban J connectivity index is 4.29. The predicted octanol–water partition coefficient (Wildman–Crippen LogP) is 10.5. The molecule has 242 valence electrons. The number of rotatable bonds is 30. The molecular weight excluding hydrogens is 524 g/mol. The fourth-order valence-corrected chi connectivity index (χ4v) is 4.34. The van der Waals surface area contributed by atoms with Crippen LogP contribution >= 0.6 is 0 Å². The van der Waals surface area contributed by atoms with Crippen LogP contribution in [0.25, 0.3) is 0 Å². The van der Waals surface area contributed by atoms with Crippen LogP contribution in [0.5, 0.6) is 0 Å². The third-order valence-electron chi connectivity index (χ3n) is 6.89. The highest BCUT2D eigenvalue weighted by Crippen LogP contribution is 2.11. The molecule has 0 heterocycles. The van der Waals surface area contributed by atoms with Gasteiger partial charge in [-0.05, 0) is 44.9 Å². The van der Waals surface area contributed by atoms with E-state index in [0.717, 1.165) is 57.8 Å². The van der Waals surface area contributed by atoms with Gasteiger partial charge in [0.1, 0.15) is 6.61 Å². The summed E-state index contributed by atoms with van der Waals surface area (Å²) in [7, 11) is 0. The van der Waals surface area contributed by atoms with Crippen molar-refractivity contribution in [1.29, 1.82) is 0 Å². The molecule has 0 aliphatic heterocycles. The van der Waals surface area contributed by atoms with E-state index in [1.807, 2.05) is 6.08 Å². The zero-order chi connectivity index (χ0) is 30.8. The number of hydrogen-bond donors (Lipinski definition) is 0. The van der Waals surface area contributed by atoms with Gasteiger partial charge in [0.15, 0.2) is 6.10 Å². The zero-order valence-electron chi connectivity index (χ0n) is 27.5. The number of carbonyl (C=O) groups is 2. The second-order valence-electron chi connectivity index (χ2n) is 11.0. The van der Waals surface area contributed by atoms with Gasteiger partial charge in [-0.3, -0.25) is 9.59 Å². The lowest BCUT2D eigenvalue weighted by Gasteiger charge is -2.18. The molecule has 0 fully saturated rings. The lowest BCUT2D eigenvalue weighted by molar-refractivity contribution is -0.162. The summed E-state index contributed by atoms with van der Waals surface area (Å²) in [5, 5.41) is 0. The molecule has 0 aliphatic rings. The predicted molar refractivity (Wildman–Crippen MR) is 178 cm³/mol. The first-order valence-electron chi connectivity index (χ1n) is 17.2. The molecular formula is C37H64O5. The van der Waals surface area contributed by atoms with E-state index in [2.05, 4.69) is 63.3 Å². The second-order valence-corrected chi connectivity index (χ2v) is 11.0. The molecule has 0 amide bonds. The summed E-state index contributed by atoms with van der Waals surface area (Å²) in [6, 6.07) is 0. The molecule has 0 rings (SSSR count). The van der Waals surface area contributed by atoms with Crippen LogP contribution in [0.4, 0.5) is 0 Å². The Hall–Kier alpha value is -2.14. The van der Waals surface area contributed by atoms with Gasteiger partial charge in [-0.15, -0.1) is 0 Å². The van der Waals surface area contributed by atoms with Crippen molar-refractivity contribution in [2.45, 2.75) is 155 Å². The van der Waals surface area contributed by atoms with Crippen molar-refractivity contribution in [3.63, 3.8) is 0 Å². The fourth-order valence-electron chi connectivity index (χ4n) is 4.34. The van der Waals surface area contributed by atoms with Gasteiger partial charge in [0.25, 0.3) is 0 Å². The summed E-state index contributed by atoms with van der Waals surface area (Å²) in [6.45, 7) is 7.52. The Kier molecular flexibility index (Phi) is 31.7. The van der Waals surface area contributed by atoms with E-state index in [9.17, 15) is 9.59 Å². The van der Waals surface area contributed by atoms with Gasteiger partial charge in [-0.2, -0.15) is 0 Å². The quantitative estimate of drug-likeness (QED) is 0.0474. The van der Waals surface area contributed by atoms with E-state index in [4.69, 9.17) is 14.2 Å². The summed E-state index contributed by atoms with van der Waals surface area (Å²) < 4.78 is 16.9. The van der Waals surface area contributed by atoms with E-state index in [-0.39, 0.29) is 25.2 Å². The van der Waals surface area contributed by atoms with Crippen LogP contribution in [0.1, 0.15) is 149 Å². The summed E-state index contributed by atoms with van der Waals surface area (Å²) >= 11 is 0. The van der Waals surface area contributed by atoms with Gasteiger partial charge in [-0.25, -0.2) is 0 Å². The standard InChI is InChI=1S/C37H64O5/c1-4-7-10-13-16-17-18-19-20-21-23-24-27-30-36(38)41-34-35(33-40-32-29-26-15-12-9-6-3)42-37(39)31-28-25-22-14-11-8-5-2/h7,10,16-17,19-20,23-24,35H,4-6,8-9,11-15,18,21-22,25-34H2,1-3H3/b10-7-,17-16-,20-19-,24-23-. The molecule has 0 aromatic rings. The van der Waals surface area contributed by atoms with Gasteiger partial charge >= 0.3 is 11.9 Å². The highest BCUT2D eigenvalue weighted by atomic mass is 16.6. The minimum absolute atomic E-state index is 0.0479. The number of unbranched alkanes of at least 4 members (excludes halogenated alkanes) is 11. The van der Waals surface area contributed by atoms with Crippen LogP contribution in [0.15, 0.2) is 48.6 Å². The molecule has 1 unspecified atom stereocenters. The molecule has 0 bridgehead atoms. The number of allylic oxidation sites excluding steroid dienone is 8. The van der Waals surface area contributed by atoms with Crippen LogP contribution < -0.4 is 0 Å². The largest absolute Gasteiger partial charge is 0.462 e. The summed E-state index contributed by atoms with van der Waals surface area (Å²) in [6.07, 6.45) is 37.0. The van der Waals surface area contributed by atoms with Gasteiger partial charge in [0.2, 0.25) is 0 Å². The maximum atomic E-state index is 12.4. The average molecular weight is 589 g/mol. The van der Waals surface area contributed by atoms with Crippen LogP contribution in [0, 0.1) is 0 Å². The summed E-state index contributed by atoms with van der Waals surface area (Å²) in [4.78, 5) is 24.7.